The Kier molecular flexibility index (Phi) is 4.62. The van der Waals surface area contributed by atoms with Crippen LogP contribution in [-0.2, 0) is 6.54 Å². The Morgan fingerprint density at radius 2 is 2.28 bits per heavy atom. The summed E-state index contributed by atoms with van der Waals surface area (Å²) in [6, 6.07) is 11.6. The number of nitrogens with one attached hydrogen (secondary N) is 1. The Labute approximate surface area is 118 Å². The highest BCUT2D eigenvalue weighted by Gasteiger charge is 1.99. The van der Waals surface area contributed by atoms with Gasteiger partial charge in [0.25, 0.3) is 0 Å². The molecule has 1 aromatic heterocycles. The molecule has 3 nitrogen and oxygen atoms in total. The molecule has 0 saturated heterocycles. The highest BCUT2D eigenvalue weighted by atomic mass is 79.9. The van der Waals surface area contributed by atoms with E-state index in [4.69, 9.17) is 10.00 Å². The summed E-state index contributed by atoms with van der Waals surface area (Å²) in [5.41, 5.74) is 2.21. The lowest BCUT2D eigenvalue weighted by Crippen LogP contribution is -1.99. The molecule has 1 aromatic carbocycles. The number of ether oxygens (including phenoxy) is 1. The summed E-state index contributed by atoms with van der Waals surface area (Å²) < 4.78 is 6.38. The van der Waals surface area contributed by atoms with Crippen LogP contribution in [0.25, 0.3) is 0 Å². The molecule has 1 heterocycles. The Morgan fingerprint density at radius 1 is 1.39 bits per heavy atom. The van der Waals surface area contributed by atoms with Crippen LogP contribution >= 0.6 is 27.3 Å². The second-order valence-corrected chi connectivity index (χ2v) is 5.88. The summed E-state index contributed by atoms with van der Waals surface area (Å²) in [4.78, 5) is 0. The van der Waals surface area contributed by atoms with Crippen molar-refractivity contribution in [1.29, 1.82) is 5.26 Å². The molecule has 0 radical (unpaired) electrons. The zero-order chi connectivity index (χ0) is 12.8. The third kappa shape index (κ3) is 3.76. The molecule has 0 fully saturated rings. The van der Waals surface area contributed by atoms with Gasteiger partial charge in [-0.25, -0.2) is 0 Å². The number of benzene rings is 1. The SMILES string of the molecule is N#CCOc1cccc(NCc2csc(Br)c2)c1. The number of hydrogen-bond acceptors (Lipinski definition) is 4. The van der Waals surface area contributed by atoms with Crippen LogP contribution in [-0.4, -0.2) is 6.61 Å². The van der Waals surface area contributed by atoms with E-state index in [-0.39, 0.29) is 6.61 Å². The summed E-state index contributed by atoms with van der Waals surface area (Å²) in [7, 11) is 0. The topological polar surface area (TPSA) is 45.0 Å². The van der Waals surface area contributed by atoms with E-state index in [1.54, 1.807) is 11.3 Å². The lowest BCUT2D eigenvalue weighted by Gasteiger charge is -2.07. The molecule has 0 saturated carbocycles. The number of halogens is 1. The van der Waals surface area contributed by atoms with Crippen molar-refractivity contribution in [3.8, 4) is 11.8 Å². The zero-order valence-electron chi connectivity index (χ0n) is 9.52. The van der Waals surface area contributed by atoms with Crippen molar-refractivity contribution >= 4 is 33.0 Å². The van der Waals surface area contributed by atoms with Crippen molar-refractivity contribution in [1.82, 2.24) is 0 Å². The van der Waals surface area contributed by atoms with Gasteiger partial charge in [-0.1, -0.05) is 6.07 Å². The lowest BCUT2D eigenvalue weighted by atomic mass is 10.3. The molecular formula is C13H11BrN2OS. The van der Waals surface area contributed by atoms with Crippen LogP contribution in [0.2, 0.25) is 0 Å². The summed E-state index contributed by atoms with van der Waals surface area (Å²) in [6.07, 6.45) is 0. The van der Waals surface area contributed by atoms with Gasteiger partial charge in [0.15, 0.2) is 6.61 Å². The monoisotopic (exact) mass is 322 g/mol. The highest BCUT2D eigenvalue weighted by molar-refractivity contribution is 9.11. The van der Waals surface area contributed by atoms with E-state index in [2.05, 4.69) is 32.7 Å². The van der Waals surface area contributed by atoms with Crippen LogP contribution in [0.3, 0.4) is 0 Å². The molecular weight excluding hydrogens is 312 g/mol. The molecule has 0 aliphatic rings. The minimum atomic E-state index is 0.0704. The van der Waals surface area contributed by atoms with Crippen LogP contribution in [0.4, 0.5) is 5.69 Å². The number of nitriles is 1. The van der Waals surface area contributed by atoms with E-state index in [0.29, 0.717) is 5.75 Å². The lowest BCUT2D eigenvalue weighted by molar-refractivity contribution is 0.368. The fourth-order valence-corrected chi connectivity index (χ4v) is 2.66. The second-order valence-electron chi connectivity index (χ2n) is 3.59. The van der Waals surface area contributed by atoms with Gasteiger partial charge in [0.2, 0.25) is 0 Å². The number of hydrogen-bond donors (Lipinski definition) is 1. The first kappa shape index (κ1) is 12.9. The second kappa shape index (κ2) is 6.43. The molecule has 0 atom stereocenters. The van der Waals surface area contributed by atoms with Gasteiger partial charge >= 0.3 is 0 Å². The molecule has 0 spiro atoms. The third-order valence-corrected chi connectivity index (χ3v) is 3.81. The number of thiophene rings is 1. The van der Waals surface area contributed by atoms with Crippen molar-refractivity contribution < 1.29 is 4.74 Å². The standard InChI is InChI=1S/C13H11BrN2OS/c14-13-6-10(9-18-13)8-16-11-2-1-3-12(7-11)17-5-4-15/h1-3,6-7,9,16H,5,8H2. The summed E-state index contributed by atoms with van der Waals surface area (Å²) in [5.74, 6) is 0.702. The van der Waals surface area contributed by atoms with E-state index in [9.17, 15) is 0 Å². The average molecular weight is 323 g/mol. The van der Waals surface area contributed by atoms with Crippen molar-refractivity contribution in [3.05, 3.63) is 45.1 Å². The smallest absolute Gasteiger partial charge is 0.174 e. The molecule has 0 unspecified atom stereocenters. The quantitative estimate of drug-likeness (QED) is 0.904. The van der Waals surface area contributed by atoms with Crippen molar-refractivity contribution in [2.45, 2.75) is 6.54 Å². The molecule has 92 valence electrons. The molecule has 0 aliphatic heterocycles. The van der Waals surface area contributed by atoms with Gasteiger partial charge in [0, 0.05) is 18.3 Å². The van der Waals surface area contributed by atoms with E-state index < -0.39 is 0 Å². The predicted molar refractivity (Wildman–Crippen MR) is 76.9 cm³/mol. The first-order valence-electron chi connectivity index (χ1n) is 5.34. The Morgan fingerprint density at radius 3 is 3.00 bits per heavy atom. The first-order chi connectivity index (χ1) is 8.78. The molecule has 1 N–H and O–H groups in total. The van der Waals surface area contributed by atoms with E-state index in [1.165, 1.54) is 5.56 Å². The van der Waals surface area contributed by atoms with Gasteiger partial charge in [-0.2, -0.15) is 5.26 Å². The third-order valence-electron chi connectivity index (χ3n) is 2.26. The van der Waals surface area contributed by atoms with E-state index in [0.717, 1.165) is 16.0 Å². The Balaban J connectivity index is 1.95. The molecule has 0 amide bonds. The molecule has 0 bridgehead atoms. The van der Waals surface area contributed by atoms with Gasteiger partial charge in [0.1, 0.15) is 11.8 Å². The Bertz CT molecular complexity index is 562. The van der Waals surface area contributed by atoms with Crippen molar-refractivity contribution in [3.63, 3.8) is 0 Å². The Hall–Kier alpha value is -1.51. The van der Waals surface area contributed by atoms with Crippen LogP contribution in [0.1, 0.15) is 5.56 Å². The first-order valence-corrected chi connectivity index (χ1v) is 7.02. The minimum Gasteiger partial charge on any atom is -0.479 e. The predicted octanol–water partition coefficient (Wildman–Crippen LogP) is 4.03. The van der Waals surface area contributed by atoms with Gasteiger partial charge in [-0.15, -0.1) is 11.3 Å². The van der Waals surface area contributed by atoms with Crippen LogP contribution in [0.5, 0.6) is 5.75 Å². The largest absolute Gasteiger partial charge is 0.479 e. The van der Waals surface area contributed by atoms with Gasteiger partial charge < -0.3 is 10.1 Å². The van der Waals surface area contributed by atoms with Gasteiger partial charge in [-0.3, -0.25) is 0 Å². The van der Waals surface area contributed by atoms with E-state index >= 15 is 0 Å². The molecule has 18 heavy (non-hydrogen) atoms. The molecule has 5 heteroatoms. The normalized spacial score (nSPS) is 9.78. The minimum absolute atomic E-state index is 0.0704. The molecule has 0 aliphatic carbocycles. The average Bonchev–Trinajstić information content (AvgIpc) is 2.80. The van der Waals surface area contributed by atoms with Crippen LogP contribution < -0.4 is 10.1 Å². The number of anilines is 1. The number of rotatable bonds is 5. The van der Waals surface area contributed by atoms with Crippen molar-refractivity contribution in [2.24, 2.45) is 0 Å². The van der Waals surface area contributed by atoms with Crippen LogP contribution in [0, 0.1) is 11.3 Å². The summed E-state index contributed by atoms with van der Waals surface area (Å²) >= 11 is 5.11. The van der Waals surface area contributed by atoms with Gasteiger partial charge in [-0.05, 0) is 45.1 Å². The maximum absolute atomic E-state index is 8.46. The fraction of sp³-hybridized carbons (Fsp3) is 0.154. The molecule has 2 aromatic rings. The van der Waals surface area contributed by atoms with Crippen molar-refractivity contribution in [2.75, 3.05) is 11.9 Å². The zero-order valence-corrected chi connectivity index (χ0v) is 11.9. The number of nitrogens with zero attached hydrogens (tertiary/aromatic N) is 1. The fourth-order valence-electron chi connectivity index (χ4n) is 1.45. The highest BCUT2D eigenvalue weighted by Crippen LogP contribution is 2.22. The maximum Gasteiger partial charge on any atom is 0.174 e. The maximum atomic E-state index is 8.46. The van der Waals surface area contributed by atoms with Gasteiger partial charge in [0.05, 0.1) is 3.79 Å². The molecule has 2 rings (SSSR count). The van der Waals surface area contributed by atoms with Crippen LogP contribution in [0.15, 0.2) is 39.5 Å². The summed E-state index contributed by atoms with van der Waals surface area (Å²) in [5, 5.41) is 13.9. The summed E-state index contributed by atoms with van der Waals surface area (Å²) in [6.45, 7) is 0.838. The van der Waals surface area contributed by atoms with E-state index in [1.807, 2.05) is 30.3 Å².